The number of hydrogen-bond donors (Lipinski definition) is 0. The molecule has 3 heterocycles. The van der Waals surface area contributed by atoms with Gasteiger partial charge in [-0.3, -0.25) is 4.98 Å². The second-order valence-corrected chi connectivity index (χ2v) is 8.92. The largest absolute Gasteiger partial charge is 0.495 e. The van der Waals surface area contributed by atoms with Crippen molar-refractivity contribution < 1.29 is 18.8 Å². The van der Waals surface area contributed by atoms with Gasteiger partial charge in [-0.15, -0.1) is 0 Å². The first-order valence-corrected chi connectivity index (χ1v) is 10.6. The highest BCUT2D eigenvalue weighted by molar-refractivity contribution is 6.62. The molecule has 1 aliphatic heterocycles. The minimum atomic E-state index is -0.494. The Hall–Kier alpha value is -2.42. The van der Waals surface area contributed by atoms with Gasteiger partial charge in [-0.1, -0.05) is 6.07 Å². The molecule has 4 rings (SSSR count). The van der Waals surface area contributed by atoms with Crippen LogP contribution in [-0.4, -0.2) is 46.6 Å². The van der Waals surface area contributed by atoms with Crippen LogP contribution in [0.15, 0.2) is 42.9 Å². The summed E-state index contributed by atoms with van der Waals surface area (Å²) < 4.78 is 26.3. The number of nitrogens with zero attached hydrogens (tertiary/aromatic N) is 3. The summed E-state index contributed by atoms with van der Waals surface area (Å²) in [4.78, 5) is 9.05. The van der Waals surface area contributed by atoms with Crippen molar-refractivity contribution in [3.63, 3.8) is 0 Å². The molecule has 0 amide bonds. The van der Waals surface area contributed by atoms with Crippen LogP contribution in [0.1, 0.15) is 46.4 Å². The van der Waals surface area contributed by atoms with E-state index in [1.54, 1.807) is 13.3 Å². The molecule has 0 bridgehead atoms. The number of hydrogen-bond acceptors (Lipinski definition) is 6. The molecule has 31 heavy (non-hydrogen) atoms. The Labute approximate surface area is 183 Å². The summed E-state index contributed by atoms with van der Waals surface area (Å²) in [6.07, 6.45) is 3.36. The minimum absolute atomic E-state index is 0.233. The van der Waals surface area contributed by atoms with Crippen LogP contribution in [0.4, 0.5) is 0 Å². The van der Waals surface area contributed by atoms with Crippen molar-refractivity contribution >= 4 is 23.6 Å². The van der Waals surface area contributed by atoms with Crippen LogP contribution in [-0.2, 0) is 20.6 Å². The Kier molecular flexibility index (Phi) is 5.81. The van der Waals surface area contributed by atoms with E-state index in [9.17, 15) is 0 Å². The fourth-order valence-electron chi connectivity index (χ4n) is 3.62. The molecule has 1 saturated heterocycles. The van der Waals surface area contributed by atoms with Crippen LogP contribution < -0.4 is 10.2 Å². The maximum absolute atomic E-state index is 6.42. The lowest BCUT2D eigenvalue weighted by Crippen LogP contribution is -2.41. The van der Waals surface area contributed by atoms with E-state index in [0.29, 0.717) is 18.9 Å². The lowest BCUT2D eigenvalue weighted by molar-refractivity contribution is 0.00578. The molecule has 3 aromatic rings. The van der Waals surface area contributed by atoms with E-state index >= 15 is 0 Å². The standard InChI is InChI=1S/C23H30BN3O4/c1-16(18-9-7-8-10-25-18)29-20-14-17(24-30-22(2,3)23(4,5)31-24)13-19-21(20)27(15-26-19)11-12-28-6/h7-10,13-16H,11-12H2,1-6H3/t16-/m1/s1. The Morgan fingerprint density at radius 3 is 2.48 bits per heavy atom. The van der Waals surface area contributed by atoms with Crippen molar-refractivity contribution in [2.45, 2.75) is 58.5 Å². The predicted molar refractivity (Wildman–Crippen MR) is 121 cm³/mol. The second-order valence-electron chi connectivity index (χ2n) is 8.92. The number of aromatic nitrogens is 3. The molecule has 0 spiro atoms. The zero-order valence-corrected chi connectivity index (χ0v) is 19.1. The number of imidazole rings is 1. The summed E-state index contributed by atoms with van der Waals surface area (Å²) in [5, 5.41) is 0. The highest BCUT2D eigenvalue weighted by Crippen LogP contribution is 2.37. The van der Waals surface area contributed by atoms with Gasteiger partial charge in [0, 0.05) is 19.9 Å². The van der Waals surface area contributed by atoms with Gasteiger partial charge in [-0.25, -0.2) is 4.98 Å². The molecule has 0 aliphatic carbocycles. The van der Waals surface area contributed by atoms with Crippen molar-refractivity contribution in [3.8, 4) is 5.75 Å². The van der Waals surface area contributed by atoms with E-state index < -0.39 is 18.3 Å². The average Bonchev–Trinajstić information content (AvgIpc) is 3.24. The van der Waals surface area contributed by atoms with Gasteiger partial charge in [-0.05, 0) is 64.3 Å². The Morgan fingerprint density at radius 2 is 1.84 bits per heavy atom. The summed E-state index contributed by atoms with van der Waals surface area (Å²) in [5.41, 5.74) is 2.64. The van der Waals surface area contributed by atoms with E-state index in [-0.39, 0.29) is 6.10 Å². The van der Waals surface area contributed by atoms with Crippen molar-refractivity contribution in [2.75, 3.05) is 13.7 Å². The quantitative estimate of drug-likeness (QED) is 0.542. The molecule has 1 fully saturated rings. The SMILES string of the molecule is COCCn1cnc2cc(B3OC(C)(C)C(C)(C)O3)cc(O[C@H](C)c3ccccn3)c21. The molecule has 7 nitrogen and oxygen atoms in total. The van der Waals surface area contributed by atoms with Gasteiger partial charge in [-0.2, -0.15) is 0 Å². The fraction of sp³-hybridized carbons (Fsp3) is 0.478. The molecular formula is C23H30BN3O4. The summed E-state index contributed by atoms with van der Waals surface area (Å²) >= 11 is 0. The molecule has 1 aliphatic rings. The molecule has 1 atom stereocenters. The lowest BCUT2D eigenvalue weighted by Gasteiger charge is -2.32. The Balaban J connectivity index is 1.74. The van der Waals surface area contributed by atoms with Crippen molar-refractivity contribution in [1.29, 1.82) is 0 Å². The highest BCUT2D eigenvalue weighted by atomic mass is 16.7. The number of ether oxygens (including phenoxy) is 2. The molecule has 8 heteroatoms. The third-order valence-electron chi connectivity index (χ3n) is 6.17. The summed E-state index contributed by atoms with van der Waals surface area (Å²) in [5.74, 6) is 0.717. The first-order valence-electron chi connectivity index (χ1n) is 10.6. The van der Waals surface area contributed by atoms with Crippen LogP contribution in [0, 0.1) is 0 Å². The van der Waals surface area contributed by atoms with E-state index in [2.05, 4.69) is 9.97 Å². The maximum Gasteiger partial charge on any atom is 0.495 e. The van der Waals surface area contributed by atoms with E-state index in [4.69, 9.17) is 18.8 Å². The molecule has 0 saturated carbocycles. The van der Waals surface area contributed by atoms with Crippen LogP contribution in [0.25, 0.3) is 11.0 Å². The predicted octanol–water partition coefficient (Wildman–Crippen LogP) is 3.52. The van der Waals surface area contributed by atoms with Crippen LogP contribution in [0.3, 0.4) is 0 Å². The van der Waals surface area contributed by atoms with Crippen LogP contribution in [0.5, 0.6) is 5.75 Å². The molecule has 0 radical (unpaired) electrons. The van der Waals surface area contributed by atoms with Gasteiger partial charge in [0.1, 0.15) is 17.4 Å². The van der Waals surface area contributed by atoms with Gasteiger partial charge < -0.3 is 23.3 Å². The normalized spacial score (nSPS) is 18.5. The van der Waals surface area contributed by atoms with Crippen LogP contribution in [0.2, 0.25) is 0 Å². The smallest absolute Gasteiger partial charge is 0.482 e. The third-order valence-corrected chi connectivity index (χ3v) is 6.17. The zero-order chi connectivity index (χ0) is 22.2. The van der Waals surface area contributed by atoms with Gasteiger partial charge in [0.15, 0.2) is 0 Å². The number of pyridine rings is 1. The Bertz CT molecular complexity index is 1040. The van der Waals surface area contributed by atoms with Gasteiger partial charge in [0.2, 0.25) is 0 Å². The highest BCUT2D eigenvalue weighted by Gasteiger charge is 2.52. The van der Waals surface area contributed by atoms with Gasteiger partial charge in [0.25, 0.3) is 0 Å². The number of rotatable bonds is 7. The van der Waals surface area contributed by atoms with E-state index in [1.165, 1.54) is 0 Å². The fourth-order valence-corrected chi connectivity index (χ4v) is 3.62. The topological polar surface area (TPSA) is 67.6 Å². The lowest BCUT2D eigenvalue weighted by atomic mass is 9.78. The summed E-state index contributed by atoms with van der Waals surface area (Å²) in [6.45, 7) is 11.4. The Morgan fingerprint density at radius 1 is 1.10 bits per heavy atom. The van der Waals surface area contributed by atoms with Crippen LogP contribution >= 0.6 is 0 Å². The molecular weight excluding hydrogens is 393 g/mol. The molecule has 0 N–H and O–H groups in total. The van der Waals surface area contributed by atoms with Gasteiger partial charge in [0.05, 0.1) is 35.3 Å². The average molecular weight is 423 g/mol. The molecule has 164 valence electrons. The summed E-state index contributed by atoms with van der Waals surface area (Å²) in [6, 6.07) is 9.82. The first-order chi connectivity index (χ1) is 14.7. The minimum Gasteiger partial charge on any atom is -0.482 e. The van der Waals surface area contributed by atoms with Crippen molar-refractivity contribution in [2.24, 2.45) is 0 Å². The number of benzene rings is 1. The molecule has 1 aromatic carbocycles. The monoisotopic (exact) mass is 423 g/mol. The van der Waals surface area contributed by atoms with E-state index in [1.807, 2.05) is 75.8 Å². The second kappa shape index (κ2) is 8.26. The molecule has 0 unspecified atom stereocenters. The first kappa shape index (κ1) is 21.8. The summed E-state index contributed by atoms with van der Waals surface area (Å²) in [7, 11) is 1.20. The van der Waals surface area contributed by atoms with Crippen molar-refractivity contribution in [1.82, 2.24) is 14.5 Å². The number of fused-ring (bicyclic) bond motifs is 1. The zero-order valence-electron chi connectivity index (χ0n) is 19.1. The maximum atomic E-state index is 6.42. The van der Waals surface area contributed by atoms with Gasteiger partial charge >= 0.3 is 7.12 Å². The number of methoxy groups -OCH3 is 1. The molecule has 2 aromatic heterocycles. The van der Waals surface area contributed by atoms with Crippen molar-refractivity contribution in [3.05, 3.63) is 48.5 Å². The van der Waals surface area contributed by atoms with E-state index in [0.717, 1.165) is 22.2 Å². The third kappa shape index (κ3) is 4.20.